The van der Waals surface area contributed by atoms with Crippen molar-refractivity contribution >= 4 is 5.91 Å². The van der Waals surface area contributed by atoms with Crippen LogP contribution in [-0.2, 0) is 4.79 Å². The number of hydrogen-bond donors (Lipinski definition) is 1. The number of nitrogens with zero attached hydrogens (tertiary/aromatic N) is 2. The molecule has 0 radical (unpaired) electrons. The van der Waals surface area contributed by atoms with Crippen molar-refractivity contribution in [2.24, 2.45) is 5.92 Å². The number of hydrogen-bond acceptors (Lipinski definition) is 6. The van der Waals surface area contributed by atoms with Gasteiger partial charge in [0.2, 0.25) is 11.7 Å². The molecule has 2 aliphatic heterocycles. The van der Waals surface area contributed by atoms with Crippen LogP contribution in [0.3, 0.4) is 0 Å². The minimum atomic E-state index is -0.687. The standard InChI is InChI=1S/C25H38N2O5/c1-30-20-15-18(16-21(31-2)24(20)32-3)23-19-9-5-6-10-25(19,29)11-14-27(23)17-22(28)26-12-7-4-8-13-26/h15-16,19,23,29H,4-14,17H2,1-3H3. The van der Waals surface area contributed by atoms with E-state index < -0.39 is 5.60 Å². The lowest BCUT2D eigenvalue weighted by Gasteiger charge is -2.52. The van der Waals surface area contributed by atoms with Crippen LogP contribution in [0.4, 0.5) is 0 Å². The van der Waals surface area contributed by atoms with E-state index in [9.17, 15) is 9.90 Å². The van der Waals surface area contributed by atoms with Gasteiger partial charge in [-0.3, -0.25) is 9.69 Å². The van der Waals surface area contributed by atoms with Gasteiger partial charge in [0, 0.05) is 31.6 Å². The van der Waals surface area contributed by atoms with E-state index in [-0.39, 0.29) is 17.9 Å². The molecule has 178 valence electrons. The fourth-order valence-electron chi connectivity index (χ4n) is 6.05. The molecule has 2 heterocycles. The van der Waals surface area contributed by atoms with Crippen molar-refractivity contribution in [3.05, 3.63) is 17.7 Å². The molecule has 1 aromatic carbocycles. The lowest BCUT2D eigenvalue weighted by molar-refractivity contribution is -0.145. The molecule has 7 nitrogen and oxygen atoms in total. The van der Waals surface area contributed by atoms with Crippen molar-refractivity contribution < 1.29 is 24.1 Å². The van der Waals surface area contributed by atoms with E-state index in [1.54, 1.807) is 21.3 Å². The van der Waals surface area contributed by atoms with Crippen LogP contribution in [0.1, 0.15) is 63.0 Å². The van der Waals surface area contributed by atoms with Crippen molar-refractivity contribution in [1.82, 2.24) is 9.80 Å². The monoisotopic (exact) mass is 446 g/mol. The van der Waals surface area contributed by atoms with E-state index in [1.807, 2.05) is 17.0 Å². The highest BCUT2D eigenvalue weighted by Crippen LogP contribution is 2.51. The quantitative estimate of drug-likeness (QED) is 0.722. The van der Waals surface area contributed by atoms with Gasteiger partial charge in [0.05, 0.1) is 33.5 Å². The van der Waals surface area contributed by atoms with Gasteiger partial charge in [0.1, 0.15) is 0 Å². The minimum Gasteiger partial charge on any atom is -0.493 e. The number of carbonyl (C=O) groups is 1. The summed E-state index contributed by atoms with van der Waals surface area (Å²) >= 11 is 0. The van der Waals surface area contributed by atoms with Gasteiger partial charge < -0.3 is 24.2 Å². The van der Waals surface area contributed by atoms with Gasteiger partial charge in [-0.05, 0) is 56.2 Å². The zero-order chi connectivity index (χ0) is 22.7. The van der Waals surface area contributed by atoms with E-state index in [0.717, 1.165) is 57.2 Å². The van der Waals surface area contributed by atoms with Crippen molar-refractivity contribution in [2.45, 2.75) is 63.0 Å². The Morgan fingerprint density at radius 3 is 2.28 bits per heavy atom. The van der Waals surface area contributed by atoms with Crippen LogP contribution in [0, 0.1) is 5.92 Å². The first-order valence-electron chi connectivity index (χ1n) is 12.0. The molecular formula is C25H38N2O5. The smallest absolute Gasteiger partial charge is 0.236 e. The first kappa shape index (κ1) is 23.2. The van der Waals surface area contributed by atoms with Crippen LogP contribution < -0.4 is 14.2 Å². The molecular weight excluding hydrogens is 408 g/mol. The molecule has 3 aliphatic rings. The second-order valence-corrected chi connectivity index (χ2v) is 9.52. The van der Waals surface area contributed by atoms with Crippen LogP contribution in [-0.4, -0.2) is 73.9 Å². The molecule has 1 N–H and O–H groups in total. The minimum absolute atomic E-state index is 0.0713. The Bertz CT molecular complexity index is 785. The molecule has 2 saturated heterocycles. The summed E-state index contributed by atoms with van der Waals surface area (Å²) in [5.41, 5.74) is 0.324. The number of aliphatic hydroxyl groups is 1. The fraction of sp³-hybridized carbons (Fsp3) is 0.720. The van der Waals surface area contributed by atoms with Crippen LogP contribution in [0.2, 0.25) is 0 Å². The second-order valence-electron chi connectivity index (χ2n) is 9.52. The number of ether oxygens (including phenoxy) is 3. The molecule has 1 aromatic rings. The van der Waals surface area contributed by atoms with E-state index in [4.69, 9.17) is 14.2 Å². The Morgan fingerprint density at radius 1 is 0.969 bits per heavy atom. The second kappa shape index (κ2) is 9.87. The molecule has 3 fully saturated rings. The SMILES string of the molecule is COc1cc(C2C3CCCCC3(O)CCN2CC(=O)N2CCCCC2)cc(OC)c1OC. The van der Waals surface area contributed by atoms with Gasteiger partial charge >= 0.3 is 0 Å². The molecule has 0 aromatic heterocycles. The van der Waals surface area contributed by atoms with E-state index in [2.05, 4.69) is 4.90 Å². The molecule has 0 bridgehead atoms. The number of rotatable bonds is 6. The van der Waals surface area contributed by atoms with Crippen molar-refractivity contribution in [3.63, 3.8) is 0 Å². The Labute approximate surface area is 191 Å². The van der Waals surface area contributed by atoms with Crippen molar-refractivity contribution in [1.29, 1.82) is 0 Å². The Kier molecular flexibility index (Phi) is 7.15. The highest BCUT2D eigenvalue weighted by molar-refractivity contribution is 5.78. The van der Waals surface area contributed by atoms with Crippen LogP contribution in [0.15, 0.2) is 12.1 Å². The van der Waals surface area contributed by atoms with Crippen LogP contribution in [0.25, 0.3) is 0 Å². The number of fused-ring (bicyclic) bond motifs is 1. The fourth-order valence-corrected chi connectivity index (χ4v) is 6.05. The molecule has 3 unspecified atom stereocenters. The number of likely N-dealkylation sites (tertiary alicyclic amines) is 2. The third kappa shape index (κ3) is 4.42. The molecule has 32 heavy (non-hydrogen) atoms. The number of amides is 1. The van der Waals surface area contributed by atoms with Gasteiger partial charge in [-0.1, -0.05) is 12.8 Å². The maximum atomic E-state index is 13.2. The third-order valence-corrected chi connectivity index (χ3v) is 7.75. The largest absolute Gasteiger partial charge is 0.493 e. The van der Waals surface area contributed by atoms with E-state index in [1.165, 1.54) is 6.42 Å². The summed E-state index contributed by atoms with van der Waals surface area (Å²) in [6.45, 7) is 2.80. The van der Waals surface area contributed by atoms with E-state index >= 15 is 0 Å². The normalized spacial score (nSPS) is 28.7. The van der Waals surface area contributed by atoms with Crippen LogP contribution in [0.5, 0.6) is 17.2 Å². The van der Waals surface area contributed by atoms with Gasteiger partial charge in [-0.25, -0.2) is 0 Å². The zero-order valence-electron chi connectivity index (χ0n) is 19.8. The predicted octanol–water partition coefficient (Wildman–Crippen LogP) is 3.39. The Morgan fingerprint density at radius 2 is 1.66 bits per heavy atom. The lowest BCUT2D eigenvalue weighted by Crippen LogP contribution is -2.56. The summed E-state index contributed by atoms with van der Waals surface area (Å²) in [5, 5.41) is 11.6. The Balaban J connectivity index is 1.70. The van der Waals surface area contributed by atoms with Gasteiger partial charge in [0.25, 0.3) is 0 Å². The van der Waals surface area contributed by atoms with Gasteiger partial charge in [-0.2, -0.15) is 0 Å². The molecule has 1 amide bonds. The molecule has 1 aliphatic carbocycles. The van der Waals surface area contributed by atoms with Gasteiger partial charge in [-0.15, -0.1) is 0 Å². The van der Waals surface area contributed by atoms with Crippen molar-refractivity contribution in [2.75, 3.05) is 47.5 Å². The van der Waals surface area contributed by atoms with Crippen molar-refractivity contribution in [3.8, 4) is 17.2 Å². The van der Waals surface area contributed by atoms with Crippen LogP contribution >= 0.6 is 0 Å². The first-order valence-corrected chi connectivity index (χ1v) is 12.0. The summed E-state index contributed by atoms with van der Waals surface area (Å²) in [4.78, 5) is 17.5. The first-order chi connectivity index (χ1) is 15.5. The van der Waals surface area contributed by atoms with Gasteiger partial charge in [0.15, 0.2) is 11.5 Å². The average Bonchev–Trinajstić information content (AvgIpc) is 2.83. The summed E-state index contributed by atoms with van der Waals surface area (Å²) in [7, 11) is 4.84. The average molecular weight is 447 g/mol. The topological polar surface area (TPSA) is 71.5 Å². The molecule has 4 rings (SSSR count). The maximum Gasteiger partial charge on any atom is 0.236 e. The zero-order valence-corrected chi connectivity index (χ0v) is 19.8. The lowest BCUT2D eigenvalue weighted by atomic mass is 9.66. The highest BCUT2D eigenvalue weighted by Gasteiger charge is 2.49. The Hall–Kier alpha value is -1.99. The van der Waals surface area contributed by atoms with E-state index in [0.29, 0.717) is 36.8 Å². The predicted molar refractivity (Wildman–Crippen MR) is 122 cm³/mol. The molecule has 1 saturated carbocycles. The molecule has 0 spiro atoms. The number of piperidine rings is 2. The number of methoxy groups -OCH3 is 3. The summed E-state index contributed by atoms with van der Waals surface area (Å²) in [6.07, 6.45) is 8.03. The maximum absolute atomic E-state index is 13.2. The summed E-state index contributed by atoms with van der Waals surface area (Å²) in [5.74, 6) is 2.04. The summed E-state index contributed by atoms with van der Waals surface area (Å²) in [6, 6.07) is 3.91. The number of carbonyl (C=O) groups excluding carboxylic acids is 1. The third-order valence-electron chi connectivity index (χ3n) is 7.75. The highest BCUT2D eigenvalue weighted by atomic mass is 16.5. The number of benzene rings is 1. The molecule has 7 heteroatoms. The molecule has 3 atom stereocenters. The summed E-state index contributed by atoms with van der Waals surface area (Å²) < 4.78 is 16.8.